The Morgan fingerprint density at radius 3 is 2.89 bits per heavy atom. The molecule has 1 heterocycles. The minimum Gasteiger partial charge on any atom is -0.362 e. The van der Waals surface area contributed by atoms with Crippen LogP contribution in [0.25, 0.3) is 0 Å². The van der Waals surface area contributed by atoms with Gasteiger partial charge in [0.1, 0.15) is 0 Å². The molecule has 0 amide bonds. The number of rotatable bonds is 3. The Bertz CT molecular complexity index is 504. The summed E-state index contributed by atoms with van der Waals surface area (Å²) in [6, 6.07) is 0. The first-order valence-electron chi connectivity index (χ1n) is 6.59. The Kier molecular flexibility index (Phi) is 2.66. The van der Waals surface area contributed by atoms with Gasteiger partial charge in [-0.3, -0.25) is 4.79 Å². The molecule has 0 aromatic carbocycles. The Hall–Kier alpha value is -1.45. The molecule has 19 heavy (non-hydrogen) atoms. The summed E-state index contributed by atoms with van der Waals surface area (Å²) in [6.07, 6.45) is 7.17. The molecule has 0 bridgehead atoms. The van der Waals surface area contributed by atoms with E-state index in [1.807, 2.05) is 6.08 Å². The minimum atomic E-state index is -1.40. The zero-order valence-electron chi connectivity index (χ0n) is 10.8. The van der Waals surface area contributed by atoms with E-state index in [1.165, 1.54) is 6.08 Å². The van der Waals surface area contributed by atoms with Gasteiger partial charge in [0.2, 0.25) is 0 Å². The number of hydrogen-bond donors (Lipinski definition) is 1. The lowest BCUT2D eigenvalue weighted by atomic mass is 9.76. The van der Waals surface area contributed by atoms with Gasteiger partial charge < -0.3 is 9.84 Å². The van der Waals surface area contributed by atoms with Crippen LogP contribution in [0.15, 0.2) is 49.6 Å². The van der Waals surface area contributed by atoms with Crippen LogP contribution in [0, 0.1) is 23.7 Å². The second-order valence-electron chi connectivity index (χ2n) is 5.61. The fourth-order valence-corrected chi connectivity index (χ4v) is 3.93. The maximum Gasteiger partial charge on any atom is 0.195 e. The number of ether oxygens (including phenoxy) is 1. The number of hydrogen-bond acceptors (Lipinski definition) is 3. The molecule has 2 unspecified atom stereocenters. The van der Waals surface area contributed by atoms with Crippen molar-refractivity contribution >= 4 is 5.78 Å². The molecule has 1 aliphatic heterocycles. The lowest BCUT2D eigenvalue weighted by Crippen LogP contribution is -2.37. The van der Waals surface area contributed by atoms with Gasteiger partial charge in [0.25, 0.3) is 0 Å². The van der Waals surface area contributed by atoms with Crippen LogP contribution in [0.4, 0.5) is 0 Å². The highest BCUT2D eigenvalue weighted by atomic mass is 16.6. The number of ketones is 1. The van der Waals surface area contributed by atoms with Gasteiger partial charge in [0.05, 0.1) is 6.10 Å². The van der Waals surface area contributed by atoms with Crippen LogP contribution in [-0.4, -0.2) is 22.8 Å². The van der Waals surface area contributed by atoms with E-state index in [2.05, 4.69) is 19.7 Å². The lowest BCUT2D eigenvalue weighted by molar-refractivity contribution is -0.176. The second-order valence-corrected chi connectivity index (χ2v) is 5.61. The first kappa shape index (κ1) is 12.6. The Morgan fingerprint density at radius 2 is 2.26 bits per heavy atom. The van der Waals surface area contributed by atoms with Crippen molar-refractivity contribution in [1.82, 2.24) is 0 Å². The van der Waals surface area contributed by atoms with Gasteiger partial charge in [-0.2, -0.15) is 0 Å². The molecule has 3 rings (SSSR count). The number of aliphatic hydroxyl groups is 1. The van der Waals surface area contributed by atoms with Gasteiger partial charge in [0.15, 0.2) is 11.6 Å². The van der Waals surface area contributed by atoms with E-state index in [0.29, 0.717) is 12.0 Å². The zero-order chi connectivity index (χ0) is 13.8. The van der Waals surface area contributed by atoms with Crippen LogP contribution in [0.1, 0.15) is 6.42 Å². The van der Waals surface area contributed by atoms with Gasteiger partial charge in [-0.05, 0) is 18.4 Å². The molecule has 0 aromatic rings. The maximum absolute atomic E-state index is 12.1. The molecule has 0 aromatic heterocycles. The second kappa shape index (κ2) is 4.02. The van der Waals surface area contributed by atoms with Crippen molar-refractivity contribution in [1.29, 1.82) is 0 Å². The average Bonchev–Trinajstić information content (AvgIpc) is 2.93. The van der Waals surface area contributed by atoms with Gasteiger partial charge in [0, 0.05) is 23.3 Å². The minimum absolute atomic E-state index is 0.0159. The SMILES string of the molecule is C=CC(=C)C1(O)O[C@@H]2C=CC(=O)C3[C@@H]2[C@@H]1C[C@@H]3C=C. The quantitative estimate of drug-likeness (QED) is 0.622. The predicted molar refractivity (Wildman–Crippen MR) is 72.1 cm³/mol. The summed E-state index contributed by atoms with van der Waals surface area (Å²) >= 11 is 0. The molecular formula is C16H18O3. The average molecular weight is 258 g/mol. The van der Waals surface area contributed by atoms with E-state index in [0.717, 1.165) is 0 Å². The highest BCUT2D eigenvalue weighted by Gasteiger charge is 2.63. The van der Waals surface area contributed by atoms with Gasteiger partial charge in [-0.25, -0.2) is 0 Å². The summed E-state index contributed by atoms with van der Waals surface area (Å²) in [5.41, 5.74) is 0.469. The molecule has 3 nitrogen and oxygen atoms in total. The van der Waals surface area contributed by atoms with Crippen LogP contribution in [0.2, 0.25) is 0 Å². The third-order valence-electron chi connectivity index (χ3n) is 4.85. The molecule has 0 spiro atoms. The summed E-state index contributed by atoms with van der Waals surface area (Å²) < 4.78 is 5.79. The molecule has 3 aliphatic rings. The third kappa shape index (κ3) is 1.49. The van der Waals surface area contributed by atoms with E-state index in [1.54, 1.807) is 12.2 Å². The van der Waals surface area contributed by atoms with Crippen molar-refractivity contribution in [2.45, 2.75) is 18.3 Å². The van der Waals surface area contributed by atoms with Crippen LogP contribution in [-0.2, 0) is 9.53 Å². The van der Waals surface area contributed by atoms with E-state index in [9.17, 15) is 9.90 Å². The summed E-state index contributed by atoms with van der Waals surface area (Å²) in [4.78, 5) is 12.1. The molecule has 6 atom stereocenters. The molecule has 0 radical (unpaired) electrons. The van der Waals surface area contributed by atoms with Crippen LogP contribution in [0.5, 0.6) is 0 Å². The normalized spacial score (nSPS) is 47.0. The first-order valence-corrected chi connectivity index (χ1v) is 6.59. The molecule has 3 heteroatoms. The van der Waals surface area contributed by atoms with Gasteiger partial charge in [-0.15, -0.1) is 6.58 Å². The van der Waals surface area contributed by atoms with Crippen LogP contribution in [0.3, 0.4) is 0 Å². The van der Waals surface area contributed by atoms with Gasteiger partial charge >= 0.3 is 0 Å². The fraction of sp³-hybridized carbons (Fsp3) is 0.438. The summed E-state index contributed by atoms with van der Waals surface area (Å²) in [6.45, 7) is 11.3. The third-order valence-corrected chi connectivity index (χ3v) is 4.85. The molecular weight excluding hydrogens is 240 g/mol. The zero-order valence-corrected chi connectivity index (χ0v) is 10.8. The summed E-state index contributed by atoms with van der Waals surface area (Å²) in [5.74, 6) is -1.41. The van der Waals surface area contributed by atoms with Crippen molar-refractivity contribution in [3.8, 4) is 0 Å². The fourth-order valence-electron chi connectivity index (χ4n) is 3.93. The highest BCUT2D eigenvalue weighted by Crippen LogP contribution is 2.58. The lowest BCUT2D eigenvalue weighted by Gasteiger charge is -2.29. The molecule has 2 aliphatic carbocycles. The van der Waals surface area contributed by atoms with Crippen molar-refractivity contribution < 1.29 is 14.6 Å². The number of carbonyl (C=O) groups excluding carboxylic acids is 1. The van der Waals surface area contributed by atoms with Crippen molar-refractivity contribution in [3.05, 3.63) is 49.6 Å². The first-order chi connectivity index (χ1) is 9.02. The largest absolute Gasteiger partial charge is 0.362 e. The van der Waals surface area contributed by atoms with E-state index in [-0.39, 0.29) is 35.6 Å². The van der Waals surface area contributed by atoms with Crippen LogP contribution >= 0.6 is 0 Å². The Labute approximate surface area is 113 Å². The highest BCUT2D eigenvalue weighted by molar-refractivity contribution is 5.94. The molecule has 100 valence electrons. The number of allylic oxidation sites excluding steroid dienone is 2. The van der Waals surface area contributed by atoms with Gasteiger partial charge in [-0.1, -0.05) is 31.4 Å². The van der Waals surface area contributed by atoms with Crippen molar-refractivity contribution in [2.24, 2.45) is 23.7 Å². The monoisotopic (exact) mass is 258 g/mol. The van der Waals surface area contributed by atoms with Crippen molar-refractivity contribution in [2.75, 3.05) is 0 Å². The van der Waals surface area contributed by atoms with Crippen LogP contribution < -0.4 is 0 Å². The molecule has 1 saturated carbocycles. The molecule has 1 N–H and O–H groups in total. The predicted octanol–water partition coefficient (Wildman–Crippen LogP) is 2.01. The smallest absolute Gasteiger partial charge is 0.195 e. The Morgan fingerprint density at radius 1 is 1.53 bits per heavy atom. The molecule has 2 fully saturated rings. The van der Waals surface area contributed by atoms with E-state index in [4.69, 9.17) is 4.74 Å². The maximum atomic E-state index is 12.1. The number of carbonyl (C=O) groups is 1. The Balaban J connectivity index is 2.06. The van der Waals surface area contributed by atoms with E-state index >= 15 is 0 Å². The topological polar surface area (TPSA) is 46.5 Å². The molecule has 1 saturated heterocycles. The standard InChI is InChI=1S/C16H18O3/c1-4-9(3)16(18)11-8-10(5-2)14-12(17)6-7-13(19-16)15(11)14/h4-7,10-11,13-15,18H,1-3,8H2/t10-,11-,13+,14?,15+,16?/m0/s1. The van der Waals surface area contributed by atoms with E-state index < -0.39 is 5.79 Å². The summed E-state index contributed by atoms with van der Waals surface area (Å²) in [5, 5.41) is 10.8. The summed E-state index contributed by atoms with van der Waals surface area (Å²) in [7, 11) is 0. The van der Waals surface area contributed by atoms with Crippen molar-refractivity contribution in [3.63, 3.8) is 0 Å².